The van der Waals surface area contributed by atoms with E-state index in [1.807, 2.05) is 0 Å². The highest BCUT2D eigenvalue weighted by Gasteiger charge is 2.46. The van der Waals surface area contributed by atoms with Gasteiger partial charge in [0.05, 0.1) is 0 Å². The van der Waals surface area contributed by atoms with Gasteiger partial charge in [0.25, 0.3) is 0 Å². The fourth-order valence-electron chi connectivity index (χ4n) is 4.52. The summed E-state index contributed by atoms with van der Waals surface area (Å²) in [4.78, 5) is 26.4. The molecule has 1 heterocycles. The summed E-state index contributed by atoms with van der Waals surface area (Å²) in [6.45, 7) is 14.1. The van der Waals surface area contributed by atoms with Crippen LogP contribution in [-0.2, 0) is 19.1 Å². The molecule has 0 N–H and O–H groups in total. The van der Waals surface area contributed by atoms with Crippen LogP contribution >= 0.6 is 0 Å². The van der Waals surface area contributed by atoms with Crippen LogP contribution in [0.5, 0.6) is 0 Å². The molecule has 1 fully saturated rings. The standard InChI is InChI=1S/C23H43NO4/c1-7-9-11-13-20(25)27-16-15-24-22(3,4)17-19(18-23(24,5)6)28-21(26)14-12-10-8-2/h19H,7-18H2,1-6H3. The Morgan fingerprint density at radius 1 is 0.857 bits per heavy atom. The predicted molar refractivity (Wildman–Crippen MR) is 113 cm³/mol. The number of likely N-dealkylation sites (tertiary alicyclic amines) is 1. The maximum atomic E-state index is 12.2. The number of ether oxygens (including phenoxy) is 2. The molecule has 5 heteroatoms. The van der Waals surface area contributed by atoms with Crippen molar-refractivity contribution in [1.82, 2.24) is 4.90 Å². The van der Waals surface area contributed by atoms with Crippen LogP contribution in [0.15, 0.2) is 0 Å². The topological polar surface area (TPSA) is 55.8 Å². The fraction of sp³-hybridized carbons (Fsp3) is 0.913. The smallest absolute Gasteiger partial charge is 0.306 e. The lowest BCUT2D eigenvalue weighted by Crippen LogP contribution is -2.63. The van der Waals surface area contributed by atoms with Gasteiger partial charge in [-0.25, -0.2) is 0 Å². The lowest BCUT2D eigenvalue weighted by atomic mass is 9.78. The van der Waals surface area contributed by atoms with Gasteiger partial charge in [-0.1, -0.05) is 39.5 Å². The maximum Gasteiger partial charge on any atom is 0.306 e. The number of rotatable bonds is 12. The van der Waals surface area contributed by atoms with E-state index in [4.69, 9.17) is 9.47 Å². The van der Waals surface area contributed by atoms with Crippen molar-refractivity contribution in [2.45, 2.75) is 123 Å². The molecule has 0 radical (unpaired) electrons. The van der Waals surface area contributed by atoms with E-state index in [1.165, 1.54) is 0 Å². The Balaban J connectivity index is 2.52. The summed E-state index contributed by atoms with van der Waals surface area (Å²) >= 11 is 0. The van der Waals surface area contributed by atoms with E-state index < -0.39 is 0 Å². The van der Waals surface area contributed by atoms with Gasteiger partial charge in [0, 0.05) is 43.3 Å². The lowest BCUT2D eigenvalue weighted by Gasteiger charge is -2.54. The molecule has 0 saturated carbocycles. The lowest BCUT2D eigenvalue weighted by molar-refractivity contribution is -0.163. The quantitative estimate of drug-likeness (QED) is 0.332. The van der Waals surface area contributed by atoms with E-state index in [2.05, 4.69) is 46.4 Å². The van der Waals surface area contributed by atoms with Gasteiger partial charge in [-0.15, -0.1) is 0 Å². The number of carbonyl (C=O) groups is 2. The first-order valence-corrected chi connectivity index (χ1v) is 11.2. The summed E-state index contributed by atoms with van der Waals surface area (Å²) in [6, 6.07) is 0. The highest BCUT2D eigenvalue weighted by Crippen LogP contribution is 2.39. The molecule has 164 valence electrons. The van der Waals surface area contributed by atoms with Crippen molar-refractivity contribution in [1.29, 1.82) is 0 Å². The molecule has 0 aliphatic carbocycles. The van der Waals surface area contributed by atoms with Crippen LogP contribution in [-0.4, -0.2) is 47.2 Å². The van der Waals surface area contributed by atoms with Crippen molar-refractivity contribution in [3.63, 3.8) is 0 Å². The van der Waals surface area contributed by atoms with Crippen molar-refractivity contribution < 1.29 is 19.1 Å². The Bertz CT molecular complexity index is 469. The van der Waals surface area contributed by atoms with E-state index >= 15 is 0 Å². The number of hydrogen-bond acceptors (Lipinski definition) is 5. The average molecular weight is 398 g/mol. The summed E-state index contributed by atoms with van der Waals surface area (Å²) in [7, 11) is 0. The fourth-order valence-corrected chi connectivity index (χ4v) is 4.52. The van der Waals surface area contributed by atoms with E-state index in [0.29, 0.717) is 26.0 Å². The van der Waals surface area contributed by atoms with Gasteiger partial charge < -0.3 is 9.47 Å². The zero-order chi connectivity index (χ0) is 21.2. The van der Waals surface area contributed by atoms with Crippen LogP contribution in [0.25, 0.3) is 0 Å². The molecule has 1 aliphatic rings. The van der Waals surface area contributed by atoms with Crippen LogP contribution in [0.3, 0.4) is 0 Å². The number of piperidine rings is 1. The Morgan fingerprint density at radius 3 is 1.86 bits per heavy atom. The third-order valence-corrected chi connectivity index (χ3v) is 5.76. The number of unbranched alkanes of at least 4 members (excludes halogenated alkanes) is 4. The first-order chi connectivity index (χ1) is 13.1. The molecular formula is C23H43NO4. The summed E-state index contributed by atoms with van der Waals surface area (Å²) in [5, 5.41) is 0. The summed E-state index contributed by atoms with van der Waals surface area (Å²) in [6.07, 6.45) is 8.75. The van der Waals surface area contributed by atoms with Gasteiger partial charge >= 0.3 is 11.9 Å². The van der Waals surface area contributed by atoms with Gasteiger partial charge in [0.2, 0.25) is 0 Å². The van der Waals surface area contributed by atoms with Crippen LogP contribution in [0.1, 0.15) is 106 Å². The second kappa shape index (κ2) is 11.8. The van der Waals surface area contributed by atoms with Crippen molar-refractivity contribution in [2.24, 2.45) is 0 Å². The molecule has 0 aromatic carbocycles. The van der Waals surface area contributed by atoms with Crippen molar-refractivity contribution in [2.75, 3.05) is 13.2 Å². The van der Waals surface area contributed by atoms with E-state index in [0.717, 1.165) is 51.4 Å². The molecule has 28 heavy (non-hydrogen) atoms. The molecule has 0 unspecified atom stereocenters. The molecule has 0 amide bonds. The largest absolute Gasteiger partial charge is 0.464 e. The third kappa shape index (κ3) is 8.50. The van der Waals surface area contributed by atoms with Crippen LogP contribution < -0.4 is 0 Å². The van der Waals surface area contributed by atoms with E-state index in [-0.39, 0.29) is 29.1 Å². The zero-order valence-corrected chi connectivity index (χ0v) is 19.1. The van der Waals surface area contributed by atoms with Gasteiger partial charge in [-0.2, -0.15) is 0 Å². The molecule has 0 atom stereocenters. The molecule has 0 aromatic heterocycles. The minimum atomic E-state index is -0.120. The van der Waals surface area contributed by atoms with Crippen LogP contribution in [0.4, 0.5) is 0 Å². The Kier molecular flexibility index (Phi) is 10.5. The Hall–Kier alpha value is -1.10. The zero-order valence-electron chi connectivity index (χ0n) is 19.1. The number of carbonyl (C=O) groups excluding carboxylic acids is 2. The predicted octanol–water partition coefficient (Wildman–Crippen LogP) is 5.26. The van der Waals surface area contributed by atoms with Crippen LogP contribution in [0, 0.1) is 0 Å². The highest BCUT2D eigenvalue weighted by molar-refractivity contribution is 5.69. The summed E-state index contributed by atoms with van der Waals surface area (Å²) in [5.41, 5.74) is -0.241. The molecular weight excluding hydrogens is 354 g/mol. The Labute approximate surface area is 172 Å². The maximum absolute atomic E-state index is 12.2. The molecule has 1 rings (SSSR count). The monoisotopic (exact) mass is 397 g/mol. The second-order valence-electron chi connectivity index (χ2n) is 9.43. The first-order valence-electron chi connectivity index (χ1n) is 11.2. The van der Waals surface area contributed by atoms with Crippen molar-refractivity contribution >= 4 is 11.9 Å². The van der Waals surface area contributed by atoms with Gasteiger partial charge in [0.1, 0.15) is 12.7 Å². The van der Waals surface area contributed by atoms with Crippen molar-refractivity contribution in [3.05, 3.63) is 0 Å². The van der Waals surface area contributed by atoms with Gasteiger partial charge in [-0.05, 0) is 40.5 Å². The van der Waals surface area contributed by atoms with Crippen LogP contribution in [0.2, 0.25) is 0 Å². The molecule has 0 aromatic rings. The SMILES string of the molecule is CCCCCC(=O)OCCN1C(C)(C)CC(OC(=O)CCCCC)CC1(C)C. The second-order valence-corrected chi connectivity index (χ2v) is 9.43. The van der Waals surface area contributed by atoms with E-state index in [1.54, 1.807) is 0 Å². The average Bonchev–Trinajstić information content (AvgIpc) is 2.57. The molecule has 1 aliphatic heterocycles. The van der Waals surface area contributed by atoms with Gasteiger partial charge in [-0.3, -0.25) is 14.5 Å². The molecule has 5 nitrogen and oxygen atoms in total. The molecule has 0 bridgehead atoms. The van der Waals surface area contributed by atoms with Crippen molar-refractivity contribution in [3.8, 4) is 0 Å². The number of hydrogen-bond donors (Lipinski definition) is 0. The Morgan fingerprint density at radius 2 is 1.36 bits per heavy atom. The number of esters is 2. The van der Waals surface area contributed by atoms with E-state index in [9.17, 15) is 9.59 Å². The highest BCUT2D eigenvalue weighted by atomic mass is 16.5. The molecule has 0 spiro atoms. The summed E-state index contributed by atoms with van der Waals surface area (Å²) in [5.74, 6) is -0.167. The first kappa shape index (κ1) is 24.9. The summed E-state index contributed by atoms with van der Waals surface area (Å²) < 4.78 is 11.3. The minimum absolute atomic E-state index is 0.0491. The van der Waals surface area contributed by atoms with Gasteiger partial charge in [0.15, 0.2) is 0 Å². The molecule has 1 saturated heterocycles. The number of nitrogens with zero attached hydrogens (tertiary/aromatic N) is 1. The normalized spacial score (nSPS) is 19.4. The third-order valence-electron chi connectivity index (χ3n) is 5.76. The minimum Gasteiger partial charge on any atom is -0.464 e.